The van der Waals surface area contributed by atoms with E-state index < -0.39 is 11.5 Å². The standard InChI is InChI=1S/C4H7ClF/c1-3(5)4(2)6/h3-4H,1H2,2H3. The molecule has 0 aliphatic carbocycles. The molecule has 0 fully saturated rings. The fourth-order valence-electron chi connectivity index (χ4n) is 0. The van der Waals surface area contributed by atoms with Crippen LogP contribution in [0.2, 0.25) is 0 Å². The third kappa shape index (κ3) is 2.46. The monoisotopic (exact) mass is 109 g/mol. The smallest absolute Gasteiger partial charge is 0.114 e. The van der Waals surface area contributed by atoms with Crippen LogP contribution in [0.4, 0.5) is 4.39 Å². The largest absolute Gasteiger partial charge is 0.246 e. The quantitative estimate of drug-likeness (QED) is 0.451. The lowest BCUT2D eigenvalue weighted by Gasteiger charge is -1.98. The molecule has 2 atom stereocenters. The van der Waals surface area contributed by atoms with E-state index in [9.17, 15) is 4.39 Å². The molecule has 0 aromatic rings. The molecule has 0 saturated carbocycles. The van der Waals surface area contributed by atoms with Crippen molar-refractivity contribution in [2.24, 2.45) is 0 Å². The van der Waals surface area contributed by atoms with Crippen LogP contribution >= 0.6 is 11.6 Å². The molecule has 0 saturated heterocycles. The first kappa shape index (κ1) is 6.22. The Balaban J connectivity index is 2.99. The van der Waals surface area contributed by atoms with Crippen molar-refractivity contribution in [3.8, 4) is 0 Å². The second-order valence-corrected chi connectivity index (χ2v) is 1.75. The molecular formula is C4H7ClF. The van der Waals surface area contributed by atoms with Crippen LogP contribution in [0.3, 0.4) is 0 Å². The Morgan fingerprint density at radius 1 is 1.83 bits per heavy atom. The Kier molecular flexibility index (Phi) is 2.49. The van der Waals surface area contributed by atoms with E-state index in [1.165, 1.54) is 6.92 Å². The molecule has 0 amide bonds. The third-order valence-corrected chi connectivity index (χ3v) is 0.846. The van der Waals surface area contributed by atoms with Crippen molar-refractivity contribution in [1.29, 1.82) is 0 Å². The van der Waals surface area contributed by atoms with E-state index in [1.807, 2.05) is 0 Å². The molecular weight excluding hydrogens is 102 g/mol. The first-order valence-corrected chi connectivity index (χ1v) is 2.19. The number of halogens is 2. The van der Waals surface area contributed by atoms with Gasteiger partial charge in [0.05, 0.1) is 5.38 Å². The summed E-state index contributed by atoms with van der Waals surface area (Å²) in [5, 5.41) is -0.593. The lowest BCUT2D eigenvalue weighted by molar-refractivity contribution is 0.368. The first-order valence-electron chi connectivity index (χ1n) is 1.76. The highest BCUT2D eigenvalue weighted by Gasteiger charge is 2.03. The van der Waals surface area contributed by atoms with Gasteiger partial charge in [-0.05, 0) is 13.8 Å². The van der Waals surface area contributed by atoms with E-state index in [0.29, 0.717) is 0 Å². The van der Waals surface area contributed by atoms with Crippen molar-refractivity contribution in [3.05, 3.63) is 6.92 Å². The summed E-state index contributed by atoms with van der Waals surface area (Å²) in [5.74, 6) is 0. The highest BCUT2D eigenvalue weighted by Crippen LogP contribution is 2.02. The molecule has 37 valence electrons. The van der Waals surface area contributed by atoms with Gasteiger partial charge in [0, 0.05) is 0 Å². The van der Waals surface area contributed by atoms with Crippen LogP contribution in [-0.4, -0.2) is 11.5 Å². The number of alkyl halides is 2. The minimum atomic E-state index is -0.994. The van der Waals surface area contributed by atoms with Gasteiger partial charge < -0.3 is 0 Å². The van der Waals surface area contributed by atoms with Gasteiger partial charge in [0.1, 0.15) is 6.17 Å². The van der Waals surface area contributed by atoms with E-state index in [0.717, 1.165) is 0 Å². The molecule has 0 bridgehead atoms. The second-order valence-electron chi connectivity index (χ2n) is 1.19. The molecule has 0 rings (SSSR count). The van der Waals surface area contributed by atoms with Crippen molar-refractivity contribution < 1.29 is 4.39 Å². The summed E-state index contributed by atoms with van der Waals surface area (Å²) in [7, 11) is 0. The van der Waals surface area contributed by atoms with Crippen LogP contribution < -0.4 is 0 Å². The first-order chi connectivity index (χ1) is 2.64. The summed E-state index contributed by atoms with van der Waals surface area (Å²) in [6, 6.07) is 0. The lowest BCUT2D eigenvalue weighted by atomic mass is 10.3. The SMILES string of the molecule is [CH2]C(Cl)C(C)F. The molecule has 6 heavy (non-hydrogen) atoms. The maximum absolute atomic E-state index is 11.6. The van der Waals surface area contributed by atoms with Gasteiger partial charge in [0.25, 0.3) is 0 Å². The van der Waals surface area contributed by atoms with Gasteiger partial charge in [-0.2, -0.15) is 0 Å². The van der Waals surface area contributed by atoms with E-state index >= 15 is 0 Å². The molecule has 0 N–H and O–H groups in total. The summed E-state index contributed by atoms with van der Waals surface area (Å²) in [6.07, 6.45) is -0.994. The zero-order chi connectivity index (χ0) is 5.15. The van der Waals surface area contributed by atoms with Crippen LogP contribution in [0.1, 0.15) is 6.92 Å². The van der Waals surface area contributed by atoms with Crippen LogP contribution in [0.25, 0.3) is 0 Å². The summed E-state index contributed by atoms with van der Waals surface area (Å²) in [4.78, 5) is 0. The van der Waals surface area contributed by atoms with Gasteiger partial charge in [-0.25, -0.2) is 4.39 Å². The third-order valence-electron chi connectivity index (χ3n) is 0.498. The molecule has 0 aromatic carbocycles. The van der Waals surface area contributed by atoms with Gasteiger partial charge in [-0.3, -0.25) is 0 Å². The van der Waals surface area contributed by atoms with Gasteiger partial charge in [0.15, 0.2) is 0 Å². The number of rotatable bonds is 1. The fourth-order valence-corrected chi connectivity index (χ4v) is 0. The van der Waals surface area contributed by atoms with Gasteiger partial charge in [-0.1, -0.05) is 0 Å². The van der Waals surface area contributed by atoms with E-state index in [-0.39, 0.29) is 0 Å². The zero-order valence-electron chi connectivity index (χ0n) is 3.62. The molecule has 0 aromatic heterocycles. The Hall–Kier alpha value is 0.220. The van der Waals surface area contributed by atoms with Gasteiger partial charge in [0.2, 0.25) is 0 Å². The minimum Gasteiger partial charge on any atom is -0.246 e. The Morgan fingerprint density at radius 3 is 2.00 bits per heavy atom. The van der Waals surface area contributed by atoms with Gasteiger partial charge >= 0.3 is 0 Å². The van der Waals surface area contributed by atoms with Crippen molar-refractivity contribution in [1.82, 2.24) is 0 Å². The highest BCUT2D eigenvalue weighted by molar-refractivity contribution is 6.21. The van der Waals surface area contributed by atoms with Crippen LogP contribution in [0, 0.1) is 6.92 Å². The average molecular weight is 110 g/mol. The normalized spacial score (nSPS) is 20.0. The zero-order valence-corrected chi connectivity index (χ0v) is 4.37. The van der Waals surface area contributed by atoms with E-state index in [1.54, 1.807) is 0 Å². The summed E-state index contributed by atoms with van der Waals surface area (Å²) < 4.78 is 11.6. The number of hydrogen-bond acceptors (Lipinski definition) is 0. The van der Waals surface area contributed by atoms with Crippen LogP contribution in [0.5, 0.6) is 0 Å². The Labute approximate surface area is 42.3 Å². The lowest BCUT2D eigenvalue weighted by Crippen LogP contribution is -2.05. The fraction of sp³-hybridized carbons (Fsp3) is 0.750. The van der Waals surface area contributed by atoms with Crippen molar-refractivity contribution in [2.75, 3.05) is 0 Å². The molecule has 0 aliphatic rings. The topological polar surface area (TPSA) is 0 Å². The molecule has 2 heteroatoms. The summed E-state index contributed by atoms with van der Waals surface area (Å²) >= 11 is 5.13. The molecule has 0 nitrogen and oxygen atoms in total. The summed E-state index contributed by atoms with van der Waals surface area (Å²) in [5.41, 5.74) is 0. The second kappa shape index (κ2) is 2.40. The molecule has 0 spiro atoms. The maximum Gasteiger partial charge on any atom is 0.114 e. The predicted octanol–water partition coefficient (Wildman–Crippen LogP) is 1.79. The van der Waals surface area contributed by atoms with Crippen LogP contribution in [-0.2, 0) is 0 Å². The predicted molar refractivity (Wildman–Crippen MR) is 25.6 cm³/mol. The highest BCUT2D eigenvalue weighted by atomic mass is 35.5. The average Bonchev–Trinajstić information content (AvgIpc) is 1.36. The minimum absolute atomic E-state index is 0.593. The maximum atomic E-state index is 11.6. The van der Waals surface area contributed by atoms with Crippen molar-refractivity contribution in [3.63, 3.8) is 0 Å². The summed E-state index contributed by atoms with van der Waals surface area (Å²) in [6.45, 7) is 4.61. The van der Waals surface area contributed by atoms with E-state index in [4.69, 9.17) is 11.6 Å². The Bertz CT molecular complexity index is 28.5. The van der Waals surface area contributed by atoms with Crippen molar-refractivity contribution >= 4 is 11.6 Å². The van der Waals surface area contributed by atoms with Gasteiger partial charge in [-0.15, -0.1) is 11.6 Å². The van der Waals surface area contributed by atoms with Crippen LogP contribution in [0.15, 0.2) is 0 Å². The van der Waals surface area contributed by atoms with Crippen molar-refractivity contribution in [2.45, 2.75) is 18.5 Å². The Morgan fingerprint density at radius 2 is 2.00 bits per heavy atom. The number of hydrogen-bond donors (Lipinski definition) is 0. The molecule has 0 aliphatic heterocycles. The molecule has 1 radical (unpaired) electrons. The van der Waals surface area contributed by atoms with E-state index in [2.05, 4.69) is 6.92 Å². The molecule has 0 heterocycles. The molecule has 2 unspecified atom stereocenters.